The molecule has 0 unspecified atom stereocenters. The van der Waals surface area contributed by atoms with Crippen molar-refractivity contribution in [1.82, 2.24) is 9.97 Å². The molecule has 2 aromatic rings. The summed E-state index contributed by atoms with van der Waals surface area (Å²) in [6.07, 6.45) is 0. The predicted octanol–water partition coefficient (Wildman–Crippen LogP) is -0.309. The van der Waals surface area contributed by atoms with Gasteiger partial charge in [-0.3, -0.25) is 4.79 Å². The molecule has 7 N–H and O–H groups in total. The monoisotopic (exact) mass is 232 g/mol. The van der Waals surface area contributed by atoms with E-state index in [0.29, 0.717) is 16.6 Å². The van der Waals surface area contributed by atoms with E-state index in [1.54, 1.807) is 18.2 Å². The summed E-state index contributed by atoms with van der Waals surface area (Å²) in [4.78, 5) is 19.0. The highest BCUT2D eigenvalue weighted by Crippen LogP contribution is 2.22. The second-order valence-electron chi connectivity index (χ2n) is 3.45. The van der Waals surface area contributed by atoms with Gasteiger partial charge in [0, 0.05) is 11.1 Å². The van der Waals surface area contributed by atoms with Crippen molar-refractivity contribution in [3.8, 4) is 0 Å². The van der Waals surface area contributed by atoms with Gasteiger partial charge in [0.25, 0.3) is 0 Å². The summed E-state index contributed by atoms with van der Waals surface area (Å²) < 4.78 is 0. The van der Waals surface area contributed by atoms with Crippen LogP contribution in [0.15, 0.2) is 18.2 Å². The lowest BCUT2D eigenvalue weighted by Gasteiger charge is -2.06. The maximum absolute atomic E-state index is 11.1. The fraction of sp³-hybridized carbons (Fsp3) is 0.100. The van der Waals surface area contributed by atoms with E-state index in [-0.39, 0.29) is 24.2 Å². The third-order valence-electron chi connectivity index (χ3n) is 2.21. The molecular weight excluding hydrogens is 220 g/mol. The Hall–Kier alpha value is -2.41. The molecule has 17 heavy (non-hydrogen) atoms. The molecule has 1 aromatic heterocycles. The van der Waals surface area contributed by atoms with Crippen LogP contribution in [0.4, 0.5) is 17.5 Å². The molecule has 0 fully saturated rings. The summed E-state index contributed by atoms with van der Waals surface area (Å²) >= 11 is 0. The SMILES string of the molecule is NCC(=O)Nc1ccc2nc(N)nc(N)c2c1. The second-order valence-corrected chi connectivity index (χ2v) is 3.45. The first-order valence-electron chi connectivity index (χ1n) is 4.93. The average molecular weight is 232 g/mol. The summed E-state index contributed by atoms with van der Waals surface area (Å²) in [5, 5.41) is 3.25. The lowest BCUT2D eigenvalue weighted by atomic mass is 10.2. The Balaban J connectivity index is 2.47. The number of nitrogen functional groups attached to an aromatic ring is 2. The van der Waals surface area contributed by atoms with Crippen LogP contribution in [0.2, 0.25) is 0 Å². The normalized spacial score (nSPS) is 10.4. The van der Waals surface area contributed by atoms with Gasteiger partial charge in [0.15, 0.2) is 0 Å². The molecule has 0 radical (unpaired) electrons. The number of aromatic nitrogens is 2. The Morgan fingerprint density at radius 3 is 2.76 bits per heavy atom. The van der Waals surface area contributed by atoms with Crippen LogP contribution in [-0.4, -0.2) is 22.4 Å². The molecule has 0 saturated heterocycles. The summed E-state index contributed by atoms with van der Waals surface area (Å²) in [6.45, 7) is -0.0776. The van der Waals surface area contributed by atoms with Crippen LogP contribution >= 0.6 is 0 Å². The van der Waals surface area contributed by atoms with Gasteiger partial charge in [0.05, 0.1) is 12.1 Å². The van der Waals surface area contributed by atoms with Crippen molar-refractivity contribution in [2.45, 2.75) is 0 Å². The minimum atomic E-state index is -0.278. The van der Waals surface area contributed by atoms with Gasteiger partial charge >= 0.3 is 0 Å². The molecule has 0 saturated carbocycles. The minimum Gasteiger partial charge on any atom is -0.383 e. The van der Waals surface area contributed by atoms with Gasteiger partial charge in [-0.25, -0.2) is 4.98 Å². The quantitative estimate of drug-likeness (QED) is 0.561. The number of benzene rings is 1. The first-order valence-corrected chi connectivity index (χ1v) is 4.93. The van der Waals surface area contributed by atoms with E-state index in [2.05, 4.69) is 15.3 Å². The van der Waals surface area contributed by atoms with Crippen molar-refractivity contribution in [3.05, 3.63) is 18.2 Å². The predicted molar refractivity (Wildman–Crippen MR) is 66.0 cm³/mol. The molecule has 0 aliphatic rings. The third kappa shape index (κ3) is 2.23. The number of carbonyl (C=O) groups excluding carboxylic acids is 1. The number of nitrogens with zero attached hydrogens (tertiary/aromatic N) is 2. The van der Waals surface area contributed by atoms with Crippen molar-refractivity contribution in [2.75, 3.05) is 23.3 Å². The fourth-order valence-electron chi connectivity index (χ4n) is 1.46. The second kappa shape index (κ2) is 4.22. The lowest BCUT2D eigenvalue weighted by molar-refractivity contribution is -0.114. The zero-order valence-corrected chi connectivity index (χ0v) is 8.97. The van der Waals surface area contributed by atoms with Gasteiger partial charge in [-0.05, 0) is 18.2 Å². The average Bonchev–Trinajstić information content (AvgIpc) is 2.29. The van der Waals surface area contributed by atoms with Crippen molar-refractivity contribution in [1.29, 1.82) is 0 Å². The van der Waals surface area contributed by atoms with E-state index in [0.717, 1.165) is 0 Å². The smallest absolute Gasteiger partial charge is 0.238 e. The van der Waals surface area contributed by atoms with Crippen LogP contribution < -0.4 is 22.5 Å². The standard InChI is InChI=1S/C10H12N6O/c11-4-8(17)14-5-1-2-7-6(3-5)9(12)16-10(13)15-7/h1-3H,4,11H2,(H,14,17)(H4,12,13,15,16). The van der Waals surface area contributed by atoms with Crippen LogP contribution in [0, 0.1) is 0 Å². The summed E-state index contributed by atoms with van der Waals surface area (Å²) in [5.74, 6) is 0.115. The highest BCUT2D eigenvalue weighted by atomic mass is 16.1. The first-order chi connectivity index (χ1) is 8.10. The molecule has 0 bridgehead atoms. The third-order valence-corrected chi connectivity index (χ3v) is 2.21. The van der Waals surface area contributed by atoms with Gasteiger partial charge in [-0.15, -0.1) is 0 Å². The molecule has 1 amide bonds. The number of nitrogens with two attached hydrogens (primary N) is 3. The molecule has 0 aliphatic heterocycles. The number of hydrogen-bond acceptors (Lipinski definition) is 6. The van der Waals surface area contributed by atoms with Gasteiger partial charge in [0.2, 0.25) is 11.9 Å². The lowest BCUT2D eigenvalue weighted by Crippen LogP contribution is -2.21. The number of hydrogen-bond donors (Lipinski definition) is 4. The molecule has 1 heterocycles. The Morgan fingerprint density at radius 2 is 2.06 bits per heavy atom. The van der Waals surface area contributed by atoms with Crippen molar-refractivity contribution >= 4 is 34.3 Å². The number of carbonyl (C=O) groups is 1. The first kappa shape index (κ1) is 11.1. The zero-order chi connectivity index (χ0) is 12.4. The molecule has 0 atom stereocenters. The summed E-state index contributed by atoms with van der Waals surface area (Å²) in [5.41, 5.74) is 17.6. The van der Waals surface area contributed by atoms with Gasteiger partial charge < -0.3 is 22.5 Å². The van der Waals surface area contributed by atoms with Crippen molar-refractivity contribution in [2.24, 2.45) is 5.73 Å². The molecule has 88 valence electrons. The van der Waals surface area contributed by atoms with E-state index in [1.165, 1.54) is 0 Å². The number of anilines is 3. The van der Waals surface area contributed by atoms with E-state index >= 15 is 0 Å². The molecular formula is C10H12N6O. The van der Waals surface area contributed by atoms with E-state index in [1.807, 2.05) is 0 Å². The Bertz CT molecular complexity index is 582. The fourth-order valence-corrected chi connectivity index (χ4v) is 1.46. The van der Waals surface area contributed by atoms with Crippen LogP contribution in [0.3, 0.4) is 0 Å². The van der Waals surface area contributed by atoms with Gasteiger partial charge in [-0.2, -0.15) is 4.98 Å². The van der Waals surface area contributed by atoms with E-state index < -0.39 is 0 Å². The topological polar surface area (TPSA) is 133 Å². The number of fused-ring (bicyclic) bond motifs is 1. The maximum Gasteiger partial charge on any atom is 0.238 e. The van der Waals surface area contributed by atoms with Crippen LogP contribution in [-0.2, 0) is 4.79 Å². The van der Waals surface area contributed by atoms with Crippen LogP contribution in [0.5, 0.6) is 0 Å². The largest absolute Gasteiger partial charge is 0.383 e. The number of amides is 1. The highest BCUT2D eigenvalue weighted by molar-refractivity contribution is 5.97. The summed E-state index contributed by atoms with van der Waals surface area (Å²) in [7, 11) is 0. The Kier molecular flexibility index (Phi) is 2.75. The Labute approximate surface area is 97.0 Å². The van der Waals surface area contributed by atoms with Crippen molar-refractivity contribution < 1.29 is 4.79 Å². The van der Waals surface area contributed by atoms with Crippen LogP contribution in [0.25, 0.3) is 10.9 Å². The van der Waals surface area contributed by atoms with Crippen LogP contribution in [0.1, 0.15) is 0 Å². The number of rotatable bonds is 2. The maximum atomic E-state index is 11.1. The molecule has 7 nitrogen and oxygen atoms in total. The van der Waals surface area contributed by atoms with Crippen molar-refractivity contribution in [3.63, 3.8) is 0 Å². The zero-order valence-electron chi connectivity index (χ0n) is 8.97. The summed E-state index contributed by atoms with van der Waals surface area (Å²) in [6, 6.07) is 5.08. The highest BCUT2D eigenvalue weighted by Gasteiger charge is 2.05. The van der Waals surface area contributed by atoms with E-state index in [9.17, 15) is 4.79 Å². The number of nitrogens with one attached hydrogen (secondary N) is 1. The van der Waals surface area contributed by atoms with Gasteiger partial charge in [0.1, 0.15) is 5.82 Å². The van der Waals surface area contributed by atoms with E-state index in [4.69, 9.17) is 17.2 Å². The Morgan fingerprint density at radius 1 is 1.29 bits per heavy atom. The molecule has 0 spiro atoms. The molecule has 0 aliphatic carbocycles. The molecule has 7 heteroatoms. The van der Waals surface area contributed by atoms with Gasteiger partial charge in [-0.1, -0.05) is 0 Å². The molecule has 2 rings (SSSR count). The minimum absolute atomic E-state index is 0.0776. The molecule has 1 aromatic carbocycles.